The molecule has 0 aliphatic heterocycles. The highest BCUT2D eigenvalue weighted by Crippen LogP contribution is 2.26. The molecule has 0 bridgehead atoms. The number of H-pyrrole nitrogens is 1. The van der Waals surface area contributed by atoms with Crippen molar-refractivity contribution in [3.05, 3.63) is 57.5 Å². The Morgan fingerprint density at radius 2 is 2.05 bits per heavy atom. The normalized spacial score (nSPS) is 12.5. The van der Waals surface area contributed by atoms with Crippen molar-refractivity contribution in [1.29, 1.82) is 0 Å². The second kappa shape index (κ2) is 5.11. The van der Waals surface area contributed by atoms with Crippen LogP contribution >= 0.6 is 23.6 Å². The van der Waals surface area contributed by atoms with Crippen LogP contribution in [0.5, 0.6) is 0 Å². The summed E-state index contributed by atoms with van der Waals surface area (Å²) in [6.07, 6.45) is 0. The van der Waals surface area contributed by atoms with Gasteiger partial charge in [-0.2, -0.15) is 16.4 Å². The van der Waals surface area contributed by atoms with E-state index in [0.717, 1.165) is 11.4 Å². The van der Waals surface area contributed by atoms with E-state index in [1.807, 2.05) is 30.3 Å². The molecule has 0 aliphatic carbocycles. The summed E-state index contributed by atoms with van der Waals surface area (Å²) in [4.78, 5) is 0. The molecule has 0 spiro atoms. The van der Waals surface area contributed by atoms with Crippen molar-refractivity contribution in [2.75, 3.05) is 0 Å². The molecule has 3 aromatic rings. The molecule has 19 heavy (non-hydrogen) atoms. The Morgan fingerprint density at radius 1 is 1.26 bits per heavy atom. The smallest absolute Gasteiger partial charge is 0.196 e. The zero-order valence-electron chi connectivity index (χ0n) is 10.4. The van der Waals surface area contributed by atoms with Crippen LogP contribution in [0.2, 0.25) is 0 Å². The van der Waals surface area contributed by atoms with Crippen molar-refractivity contribution in [2.24, 2.45) is 0 Å². The second-order valence-electron chi connectivity index (χ2n) is 4.32. The van der Waals surface area contributed by atoms with Gasteiger partial charge >= 0.3 is 0 Å². The van der Waals surface area contributed by atoms with Crippen molar-refractivity contribution < 1.29 is 0 Å². The van der Waals surface area contributed by atoms with E-state index in [-0.39, 0.29) is 6.04 Å². The first kappa shape index (κ1) is 12.3. The third-order valence-electron chi connectivity index (χ3n) is 3.15. The topological polar surface area (TPSA) is 33.6 Å². The number of rotatable bonds is 3. The van der Waals surface area contributed by atoms with Crippen molar-refractivity contribution in [1.82, 2.24) is 14.8 Å². The highest BCUT2D eigenvalue weighted by atomic mass is 32.1. The zero-order valence-corrected chi connectivity index (χ0v) is 12.0. The van der Waals surface area contributed by atoms with E-state index in [0.29, 0.717) is 4.77 Å². The maximum absolute atomic E-state index is 5.37. The summed E-state index contributed by atoms with van der Waals surface area (Å²) < 4.78 is 2.71. The Hall–Kier alpha value is -1.72. The Kier molecular flexibility index (Phi) is 3.31. The van der Waals surface area contributed by atoms with E-state index in [1.165, 1.54) is 5.56 Å². The fraction of sp³-hybridized carbons (Fsp3) is 0.143. The number of benzene rings is 1. The first-order chi connectivity index (χ1) is 9.27. The molecule has 1 aromatic carbocycles. The van der Waals surface area contributed by atoms with E-state index in [2.05, 4.69) is 38.5 Å². The van der Waals surface area contributed by atoms with Gasteiger partial charge < -0.3 is 0 Å². The molecule has 2 heterocycles. The van der Waals surface area contributed by atoms with E-state index in [9.17, 15) is 0 Å². The molecule has 0 amide bonds. The Bertz CT molecular complexity index is 711. The molecule has 0 radical (unpaired) electrons. The molecular formula is C14H13N3S2. The largest absolute Gasteiger partial charge is 0.293 e. The number of aromatic nitrogens is 3. The lowest BCUT2D eigenvalue weighted by molar-refractivity contribution is 0.637. The predicted molar refractivity (Wildman–Crippen MR) is 81.0 cm³/mol. The van der Waals surface area contributed by atoms with E-state index < -0.39 is 0 Å². The standard InChI is InChI=1S/C14H13N3S2/c1-10(12-7-8-19-9-12)17-13(15-16-14(17)18)11-5-3-2-4-6-11/h2-10H,1H3,(H,16,18). The summed E-state index contributed by atoms with van der Waals surface area (Å²) in [6, 6.07) is 12.4. The quantitative estimate of drug-likeness (QED) is 0.729. The molecule has 1 N–H and O–H groups in total. The summed E-state index contributed by atoms with van der Waals surface area (Å²) >= 11 is 7.07. The van der Waals surface area contributed by atoms with E-state index in [1.54, 1.807) is 11.3 Å². The van der Waals surface area contributed by atoms with Gasteiger partial charge in [0, 0.05) is 5.56 Å². The summed E-state index contributed by atoms with van der Waals surface area (Å²) in [7, 11) is 0. The van der Waals surface area contributed by atoms with Gasteiger partial charge in [-0.15, -0.1) is 0 Å². The molecule has 2 aromatic heterocycles. The molecule has 96 valence electrons. The van der Waals surface area contributed by atoms with Crippen molar-refractivity contribution in [2.45, 2.75) is 13.0 Å². The molecule has 3 nitrogen and oxygen atoms in total. The lowest BCUT2D eigenvalue weighted by atomic mass is 10.1. The number of nitrogens with one attached hydrogen (secondary N) is 1. The van der Waals surface area contributed by atoms with E-state index >= 15 is 0 Å². The molecule has 1 atom stereocenters. The summed E-state index contributed by atoms with van der Waals surface area (Å²) in [5.41, 5.74) is 2.32. The molecule has 0 aliphatic rings. The third kappa shape index (κ3) is 2.27. The van der Waals surface area contributed by atoms with Crippen molar-refractivity contribution in [3.63, 3.8) is 0 Å². The SMILES string of the molecule is CC(c1ccsc1)n1c(-c2ccccc2)n[nH]c1=S. The fourth-order valence-electron chi connectivity index (χ4n) is 2.12. The van der Waals surface area contributed by atoms with Gasteiger partial charge in [0.25, 0.3) is 0 Å². The van der Waals surface area contributed by atoms with Crippen LogP contribution in [0.15, 0.2) is 47.2 Å². The maximum Gasteiger partial charge on any atom is 0.196 e. The van der Waals surface area contributed by atoms with Crippen LogP contribution in [0.25, 0.3) is 11.4 Å². The Labute approximate surface area is 120 Å². The molecular weight excluding hydrogens is 274 g/mol. The predicted octanol–water partition coefficient (Wildman–Crippen LogP) is 4.28. The van der Waals surface area contributed by atoms with Gasteiger partial charge in [-0.1, -0.05) is 30.3 Å². The number of nitrogens with zero attached hydrogens (tertiary/aromatic N) is 2. The number of aromatic amines is 1. The van der Waals surface area contributed by atoms with Crippen LogP contribution in [0.3, 0.4) is 0 Å². The first-order valence-corrected chi connectivity index (χ1v) is 7.37. The van der Waals surface area contributed by atoms with Gasteiger partial charge in [0.2, 0.25) is 0 Å². The molecule has 0 saturated heterocycles. The first-order valence-electron chi connectivity index (χ1n) is 6.02. The van der Waals surface area contributed by atoms with Crippen LogP contribution < -0.4 is 0 Å². The molecule has 5 heteroatoms. The van der Waals surface area contributed by atoms with Gasteiger partial charge in [0.05, 0.1) is 6.04 Å². The molecule has 0 fully saturated rings. The summed E-state index contributed by atoms with van der Waals surface area (Å²) in [5, 5.41) is 11.5. The number of hydrogen-bond acceptors (Lipinski definition) is 3. The molecule has 3 rings (SSSR count). The maximum atomic E-state index is 5.37. The van der Waals surface area contributed by atoms with E-state index in [4.69, 9.17) is 12.2 Å². The van der Waals surface area contributed by atoms with Crippen LogP contribution in [0, 0.1) is 4.77 Å². The van der Waals surface area contributed by atoms with Gasteiger partial charge in [0.1, 0.15) is 0 Å². The second-order valence-corrected chi connectivity index (χ2v) is 5.49. The minimum atomic E-state index is 0.174. The fourth-order valence-corrected chi connectivity index (χ4v) is 3.15. The number of thiophene rings is 1. The van der Waals surface area contributed by atoms with Crippen molar-refractivity contribution >= 4 is 23.6 Å². The van der Waals surface area contributed by atoms with Gasteiger partial charge in [-0.3, -0.25) is 9.67 Å². The minimum absolute atomic E-state index is 0.174. The average Bonchev–Trinajstić information content (AvgIpc) is 3.08. The Balaban J connectivity index is 2.12. The minimum Gasteiger partial charge on any atom is -0.293 e. The van der Waals surface area contributed by atoms with Gasteiger partial charge in [-0.25, -0.2) is 0 Å². The summed E-state index contributed by atoms with van der Waals surface area (Å²) in [5.74, 6) is 0.879. The summed E-state index contributed by atoms with van der Waals surface area (Å²) in [6.45, 7) is 2.14. The highest BCUT2D eigenvalue weighted by molar-refractivity contribution is 7.71. The highest BCUT2D eigenvalue weighted by Gasteiger charge is 2.16. The molecule has 1 unspecified atom stereocenters. The zero-order chi connectivity index (χ0) is 13.2. The van der Waals surface area contributed by atoms with Crippen LogP contribution in [-0.4, -0.2) is 14.8 Å². The van der Waals surface area contributed by atoms with Crippen LogP contribution in [-0.2, 0) is 0 Å². The Morgan fingerprint density at radius 3 is 2.74 bits per heavy atom. The van der Waals surface area contributed by atoms with Gasteiger partial charge in [0.15, 0.2) is 10.6 Å². The monoisotopic (exact) mass is 287 g/mol. The lowest BCUT2D eigenvalue weighted by Crippen LogP contribution is -2.07. The van der Waals surface area contributed by atoms with Crippen molar-refractivity contribution in [3.8, 4) is 11.4 Å². The lowest BCUT2D eigenvalue weighted by Gasteiger charge is -2.14. The third-order valence-corrected chi connectivity index (χ3v) is 4.14. The average molecular weight is 287 g/mol. The van der Waals surface area contributed by atoms with Gasteiger partial charge in [-0.05, 0) is 41.5 Å². The van der Waals surface area contributed by atoms with Crippen LogP contribution in [0.4, 0.5) is 0 Å². The molecule has 0 saturated carbocycles. The number of hydrogen-bond donors (Lipinski definition) is 1. The van der Waals surface area contributed by atoms with Crippen LogP contribution in [0.1, 0.15) is 18.5 Å².